The van der Waals surface area contributed by atoms with Crippen molar-refractivity contribution in [1.29, 1.82) is 0 Å². The van der Waals surface area contributed by atoms with Crippen LogP contribution in [0.2, 0.25) is 0 Å². The maximum atomic E-state index is 13.8. The van der Waals surface area contributed by atoms with Gasteiger partial charge in [-0.15, -0.1) is 0 Å². The highest BCUT2D eigenvalue weighted by atomic mass is 19.2. The molecule has 2 aromatic rings. The second kappa shape index (κ2) is 8.60. The van der Waals surface area contributed by atoms with E-state index in [2.05, 4.69) is 0 Å². The van der Waals surface area contributed by atoms with Gasteiger partial charge in [-0.3, -0.25) is 9.59 Å². The molecule has 1 atom stereocenters. The molecule has 0 aliphatic heterocycles. The van der Waals surface area contributed by atoms with E-state index in [1.165, 1.54) is 0 Å². The van der Waals surface area contributed by atoms with Crippen LogP contribution in [-0.2, 0) is 11.2 Å². The van der Waals surface area contributed by atoms with E-state index in [-0.39, 0.29) is 6.42 Å². The molecular formula is C19H16F4NO2. The minimum absolute atomic E-state index is 0.157. The Kier molecular flexibility index (Phi) is 6.49. The van der Waals surface area contributed by atoms with Gasteiger partial charge in [0.1, 0.15) is 5.56 Å². The van der Waals surface area contributed by atoms with Crippen molar-refractivity contribution >= 4 is 12.2 Å². The van der Waals surface area contributed by atoms with Gasteiger partial charge in [-0.2, -0.15) is 0 Å². The Balaban J connectivity index is 2.06. The third kappa shape index (κ3) is 4.28. The van der Waals surface area contributed by atoms with Gasteiger partial charge in [0.25, 0.3) is 5.91 Å². The van der Waals surface area contributed by atoms with E-state index in [0.717, 1.165) is 12.5 Å². The van der Waals surface area contributed by atoms with Crippen molar-refractivity contribution < 1.29 is 27.2 Å². The summed E-state index contributed by atoms with van der Waals surface area (Å²) in [5.41, 5.74) is -1.24. The van der Waals surface area contributed by atoms with Crippen LogP contribution in [0.25, 0.3) is 0 Å². The Morgan fingerprint density at radius 3 is 2.15 bits per heavy atom. The predicted octanol–water partition coefficient (Wildman–Crippen LogP) is 3.78. The summed E-state index contributed by atoms with van der Waals surface area (Å²) in [6, 6.07) is 8.19. The van der Waals surface area contributed by atoms with E-state index in [9.17, 15) is 27.2 Å². The molecule has 1 radical (unpaired) electrons. The van der Waals surface area contributed by atoms with Crippen LogP contribution < -0.4 is 5.32 Å². The molecule has 1 amide bonds. The summed E-state index contributed by atoms with van der Waals surface area (Å²) in [5, 5.41) is 2.05. The van der Waals surface area contributed by atoms with Crippen LogP contribution in [0.5, 0.6) is 0 Å². The molecule has 0 saturated carbocycles. The average Bonchev–Trinajstić information content (AvgIpc) is 2.65. The first-order valence-electron chi connectivity index (χ1n) is 7.91. The lowest BCUT2D eigenvalue weighted by Gasteiger charge is -2.14. The largest absolute Gasteiger partial charge is 0.342 e. The van der Waals surface area contributed by atoms with Crippen LogP contribution in [0, 0.1) is 30.2 Å². The fourth-order valence-corrected chi connectivity index (χ4v) is 2.49. The zero-order chi connectivity index (χ0) is 19.3. The zero-order valence-corrected chi connectivity index (χ0v) is 13.9. The van der Waals surface area contributed by atoms with Crippen LogP contribution in [-0.4, -0.2) is 18.2 Å². The van der Waals surface area contributed by atoms with Gasteiger partial charge < -0.3 is 5.32 Å². The minimum atomic E-state index is -1.80. The van der Waals surface area contributed by atoms with Crippen LogP contribution in [0.1, 0.15) is 34.3 Å². The molecule has 3 nitrogen and oxygen atoms in total. The normalized spacial score (nSPS) is 11.9. The number of rotatable bonds is 7. The number of nitrogens with one attached hydrogen (secondary N) is 1. The van der Waals surface area contributed by atoms with E-state index < -0.39 is 46.3 Å². The number of benzene rings is 2. The SMILES string of the molecule is Cc1c(F)c(F)c(C(=O)N[C@@H]([C]=O)CCCc2ccccc2)c(F)c1F. The molecule has 0 aliphatic rings. The van der Waals surface area contributed by atoms with E-state index in [0.29, 0.717) is 12.8 Å². The lowest BCUT2D eigenvalue weighted by molar-refractivity contribution is 0.0933. The number of carbonyl (C=O) groups excluding carboxylic acids is 2. The number of halogens is 4. The van der Waals surface area contributed by atoms with E-state index in [4.69, 9.17) is 0 Å². The lowest BCUT2D eigenvalue weighted by Crippen LogP contribution is -2.37. The number of hydrogen-bond acceptors (Lipinski definition) is 2. The third-order valence-corrected chi connectivity index (χ3v) is 3.96. The van der Waals surface area contributed by atoms with Gasteiger partial charge in [0.15, 0.2) is 23.3 Å². The molecule has 26 heavy (non-hydrogen) atoms. The monoisotopic (exact) mass is 366 g/mol. The molecule has 0 heterocycles. The van der Waals surface area contributed by atoms with E-state index >= 15 is 0 Å². The Bertz CT molecular complexity index is 780. The molecule has 0 fully saturated rings. The number of carbonyl (C=O) groups is 1. The highest BCUT2D eigenvalue weighted by Gasteiger charge is 2.28. The van der Waals surface area contributed by atoms with Crippen molar-refractivity contribution in [2.45, 2.75) is 32.2 Å². The summed E-state index contributed by atoms with van der Waals surface area (Å²) in [7, 11) is 0. The molecular weight excluding hydrogens is 350 g/mol. The standard InChI is InChI=1S/C19H16F4NO2/c1-11-15(20)17(22)14(18(23)16(11)21)19(26)24-13(10-25)9-5-8-12-6-3-2-4-7-12/h2-4,6-7,13H,5,8-9H2,1H3,(H,24,26)/t13-/m1/s1. The highest BCUT2D eigenvalue weighted by Crippen LogP contribution is 2.23. The van der Waals surface area contributed by atoms with Gasteiger partial charge in [-0.25, -0.2) is 17.6 Å². The Labute approximate surface area is 148 Å². The molecule has 0 bridgehead atoms. The summed E-state index contributed by atoms with van der Waals surface area (Å²) in [6.45, 7) is 0.851. The zero-order valence-electron chi connectivity index (χ0n) is 13.9. The van der Waals surface area contributed by atoms with Gasteiger partial charge in [-0.05, 0) is 31.7 Å². The number of amides is 1. The van der Waals surface area contributed by atoms with Gasteiger partial charge in [0, 0.05) is 5.56 Å². The molecule has 0 saturated heterocycles. The fraction of sp³-hybridized carbons (Fsp3) is 0.263. The molecule has 1 N–H and O–H groups in total. The Morgan fingerprint density at radius 2 is 1.62 bits per heavy atom. The first-order valence-corrected chi connectivity index (χ1v) is 7.91. The Hall–Kier alpha value is -2.70. The van der Waals surface area contributed by atoms with Crippen LogP contribution >= 0.6 is 0 Å². The second-order valence-electron chi connectivity index (χ2n) is 5.78. The van der Waals surface area contributed by atoms with E-state index in [1.54, 1.807) is 6.29 Å². The van der Waals surface area contributed by atoms with E-state index in [1.807, 2.05) is 35.6 Å². The van der Waals surface area contributed by atoms with Crippen molar-refractivity contribution in [2.24, 2.45) is 0 Å². The van der Waals surface area contributed by atoms with Gasteiger partial charge in [0.05, 0.1) is 6.04 Å². The van der Waals surface area contributed by atoms with Gasteiger partial charge in [0.2, 0.25) is 6.29 Å². The first kappa shape index (κ1) is 19.6. The van der Waals surface area contributed by atoms with Crippen LogP contribution in [0.4, 0.5) is 17.6 Å². The topological polar surface area (TPSA) is 46.2 Å². The van der Waals surface area contributed by atoms with Crippen molar-refractivity contribution in [1.82, 2.24) is 5.32 Å². The maximum Gasteiger partial charge on any atom is 0.258 e. The molecule has 2 rings (SSSR count). The molecule has 0 unspecified atom stereocenters. The van der Waals surface area contributed by atoms with Crippen molar-refractivity contribution in [3.8, 4) is 0 Å². The molecule has 7 heteroatoms. The Morgan fingerprint density at radius 1 is 1.04 bits per heavy atom. The minimum Gasteiger partial charge on any atom is -0.342 e. The fourth-order valence-electron chi connectivity index (χ4n) is 2.49. The number of hydrogen-bond donors (Lipinski definition) is 1. The predicted molar refractivity (Wildman–Crippen MR) is 87.3 cm³/mol. The molecule has 2 aromatic carbocycles. The molecule has 0 aromatic heterocycles. The summed E-state index contributed by atoms with van der Waals surface area (Å²) in [4.78, 5) is 23.0. The summed E-state index contributed by atoms with van der Waals surface area (Å²) in [5.74, 6) is -8.30. The second-order valence-corrected chi connectivity index (χ2v) is 5.78. The third-order valence-electron chi connectivity index (χ3n) is 3.96. The molecule has 0 aliphatic carbocycles. The quantitative estimate of drug-likeness (QED) is 0.599. The average molecular weight is 366 g/mol. The molecule has 0 spiro atoms. The van der Waals surface area contributed by atoms with Crippen LogP contribution in [0.15, 0.2) is 30.3 Å². The van der Waals surface area contributed by atoms with Crippen molar-refractivity contribution in [3.63, 3.8) is 0 Å². The smallest absolute Gasteiger partial charge is 0.258 e. The van der Waals surface area contributed by atoms with Gasteiger partial charge >= 0.3 is 0 Å². The first-order chi connectivity index (χ1) is 12.4. The number of aryl methyl sites for hydroxylation is 1. The van der Waals surface area contributed by atoms with Crippen molar-refractivity contribution in [2.75, 3.05) is 0 Å². The van der Waals surface area contributed by atoms with Crippen LogP contribution in [0.3, 0.4) is 0 Å². The van der Waals surface area contributed by atoms with Crippen molar-refractivity contribution in [3.05, 3.63) is 70.3 Å². The summed E-state index contributed by atoms with van der Waals surface area (Å²) < 4.78 is 54.8. The maximum absolute atomic E-state index is 13.8. The highest BCUT2D eigenvalue weighted by molar-refractivity contribution is 5.96. The summed E-state index contributed by atoms with van der Waals surface area (Å²) >= 11 is 0. The molecule has 137 valence electrons. The van der Waals surface area contributed by atoms with Gasteiger partial charge in [-0.1, -0.05) is 30.3 Å². The summed E-state index contributed by atoms with van der Waals surface area (Å²) in [6.07, 6.45) is 2.82. The lowest BCUT2D eigenvalue weighted by atomic mass is 10.0.